The number of nitrogens with one attached hydrogen (secondary N) is 1. The van der Waals surface area contributed by atoms with E-state index in [1.165, 1.54) is 19.2 Å². The van der Waals surface area contributed by atoms with Crippen LogP contribution in [0.2, 0.25) is 0 Å². The molecule has 0 radical (unpaired) electrons. The quantitative estimate of drug-likeness (QED) is 0.845. The summed E-state index contributed by atoms with van der Waals surface area (Å²) in [4.78, 5) is 4.20. The molecule has 8 heteroatoms. The zero-order valence-electron chi connectivity index (χ0n) is 11.2. The fourth-order valence-corrected chi connectivity index (χ4v) is 2.28. The van der Waals surface area contributed by atoms with Crippen molar-refractivity contribution < 1.29 is 13.2 Å². The van der Waals surface area contributed by atoms with Gasteiger partial charge in [0.1, 0.15) is 11.6 Å². The van der Waals surface area contributed by atoms with E-state index in [2.05, 4.69) is 10.3 Å². The van der Waals surface area contributed by atoms with Crippen molar-refractivity contribution in [2.45, 2.75) is 11.4 Å². The number of methoxy groups -OCH3 is 1. The molecule has 7 nitrogen and oxygen atoms in total. The van der Waals surface area contributed by atoms with Gasteiger partial charge in [-0.15, -0.1) is 0 Å². The maximum Gasteiger partial charge on any atom is 0.238 e. The van der Waals surface area contributed by atoms with Gasteiger partial charge in [-0.05, 0) is 18.2 Å². The maximum absolute atomic E-state index is 11.4. The molecule has 0 fully saturated rings. The highest BCUT2D eigenvalue weighted by Gasteiger charge is 2.12. The van der Waals surface area contributed by atoms with Crippen LogP contribution in [0.3, 0.4) is 0 Å². The summed E-state index contributed by atoms with van der Waals surface area (Å²) in [5, 5.41) is 8.21. The van der Waals surface area contributed by atoms with E-state index in [9.17, 15) is 8.42 Å². The molecule has 0 amide bonds. The molecule has 1 aromatic heterocycles. The van der Waals surface area contributed by atoms with Gasteiger partial charge in [0.2, 0.25) is 10.0 Å². The number of aromatic nitrogens is 2. The first-order valence-electron chi connectivity index (χ1n) is 5.82. The fraction of sp³-hybridized carbons (Fsp3) is 0.250. The van der Waals surface area contributed by atoms with Crippen molar-refractivity contribution >= 4 is 15.7 Å². The number of primary sulfonamides is 1. The van der Waals surface area contributed by atoms with Crippen LogP contribution in [0.1, 0.15) is 5.82 Å². The monoisotopic (exact) mass is 296 g/mol. The normalized spacial score (nSPS) is 11.3. The third-order valence-corrected chi connectivity index (χ3v) is 3.77. The van der Waals surface area contributed by atoms with Gasteiger partial charge in [-0.3, -0.25) is 0 Å². The van der Waals surface area contributed by atoms with Crippen molar-refractivity contribution in [1.82, 2.24) is 9.55 Å². The van der Waals surface area contributed by atoms with Crippen LogP contribution in [0.5, 0.6) is 5.75 Å². The van der Waals surface area contributed by atoms with Crippen molar-refractivity contribution in [3.05, 3.63) is 36.4 Å². The molecule has 108 valence electrons. The van der Waals surface area contributed by atoms with Crippen LogP contribution in [0.25, 0.3) is 0 Å². The second-order valence-corrected chi connectivity index (χ2v) is 5.78. The van der Waals surface area contributed by atoms with Crippen LogP contribution in [-0.4, -0.2) is 25.1 Å². The fourth-order valence-electron chi connectivity index (χ4n) is 1.74. The number of nitrogens with zero attached hydrogens (tertiary/aromatic N) is 2. The van der Waals surface area contributed by atoms with Crippen LogP contribution < -0.4 is 15.2 Å². The topological polar surface area (TPSA) is 99.2 Å². The zero-order chi connectivity index (χ0) is 14.8. The number of nitrogens with two attached hydrogens (primary N) is 1. The van der Waals surface area contributed by atoms with Crippen molar-refractivity contribution in [2.75, 3.05) is 12.4 Å². The lowest BCUT2D eigenvalue weighted by atomic mass is 10.3. The van der Waals surface area contributed by atoms with Gasteiger partial charge >= 0.3 is 0 Å². The van der Waals surface area contributed by atoms with Crippen LogP contribution in [0.4, 0.5) is 5.69 Å². The summed E-state index contributed by atoms with van der Waals surface area (Å²) >= 11 is 0. The molecular formula is C12H16N4O3S. The average molecular weight is 296 g/mol. The minimum absolute atomic E-state index is 0.0284. The van der Waals surface area contributed by atoms with E-state index >= 15 is 0 Å². The Morgan fingerprint density at radius 2 is 2.20 bits per heavy atom. The van der Waals surface area contributed by atoms with Crippen molar-refractivity contribution in [1.29, 1.82) is 0 Å². The standard InChI is InChI=1S/C12H16N4O3S/c1-16-6-5-14-12(16)8-15-10-7-9(20(13,17)18)3-4-11(10)19-2/h3-7,15H,8H2,1-2H3,(H2,13,17,18). The first-order valence-corrected chi connectivity index (χ1v) is 7.37. The first kappa shape index (κ1) is 14.4. The summed E-state index contributed by atoms with van der Waals surface area (Å²) in [7, 11) is -0.358. The Hall–Kier alpha value is -2.06. The predicted molar refractivity (Wildman–Crippen MR) is 74.9 cm³/mol. The number of rotatable bonds is 5. The summed E-state index contributed by atoms with van der Waals surface area (Å²) in [6.45, 7) is 0.438. The minimum Gasteiger partial charge on any atom is -0.495 e. The first-order chi connectivity index (χ1) is 9.41. The number of benzene rings is 1. The van der Waals surface area contributed by atoms with E-state index in [0.717, 1.165) is 5.82 Å². The molecule has 1 aromatic carbocycles. The molecule has 20 heavy (non-hydrogen) atoms. The summed E-state index contributed by atoms with van der Waals surface area (Å²) in [5.41, 5.74) is 0.544. The molecule has 3 N–H and O–H groups in total. The Balaban J connectivity index is 2.27. The van der Waals surface area contributed by atoms with Gasteiger partial charge in [0.05, 0.1) is 24.2 Å². The van der Waals surface area contributed by atoms with E-state index in [0.29, 0.717) is 18.0 Å². The Bertz CT molecular complexity index is 709. The third kappa shape index (κ3) is 3.09. The largest absolute Gasteiger partial charge is 0.495 e. The molecule has 0 aliphatic carbocycles. The van der Waals surface area contributed by atoms with Gasteiger partial charge in [-0.1, -0.05) is 0 Å². The van der Waals surface area contributed by atoms with Crippen LogP contribution in [-0.2, 0) is 23.6 Å². The molecule has 1 heterocycles. The Kier molecular flexibility index (Phi) is 3.96. The van der Waals surface area contributed by atoms with E-state index in [-0.39, 0.29) is 4.90 Å². The van der Waals surface area contributed by atoms with Gasteiger partial charge in [0.15, 0.2) is 0 Å². The molecule has 0 aliphatic heterocycles. The van der Waals surface area contributed by atoms with Gasteiger partial charge < -0.3 is 14.6 Å². The summed E-state index contributed by atoms with van der Waals surface area (Å²) < 4.78 is 29.8. The number of anilines is 1. The SMILES string of the molecule is COc1ccc(S(N)(=O)=O)cc1NCc1nccn1C. The van der Waals surface area contributed by atoms with Gasteiger partial charge in [0, 0.05) is 19.4 Å². The lowest BCUT2D eigenvalue weighted by molar-refractivity contribution is 0.416. The molecule has 0 atom stereocenters. The number of hydrogen-bond donors (Lipinski definition) is 2. The Morgan fingerprint density at radius 1 is 1.45 bits per heavy atom. The Labute approximate surface area is 117 Å². The molecule has 0 spiro atoms. The zero-order valence-corrected chi connectivity index (χ0v) is 12.0. The van der Waals surface area contributed by atoms with Crippen LogP contribution in [0, 0.1) is 0 Å². The molecule has 0 saturated heterocycles. The lowest BCUT2D eigenvalue weighted by Crippen LogP contribution is -2.13. The molecule has 0 saturated carbocycles. The van der Waals surface area contributed by atoms with Gasteiger partial charge in [-0.2, -0.15) is 0 Å². The number of aryl methyl sites for hydroxylation is 1. The number of ether oxygens (including phenoxy) is 1. The lowest BCUT2D eigenvalue weighted by Gasteiger charge is -2.12. The smallest absolute Gasteiger partial charge is 0.238 e. The highest BCUT2D eigenvalue weighted by molar-refractivity contribution is 7.89. The molecule has 0 bridgehead atoms. The second kappa shape index (κ2) is 5.51. The van der Waals surface area contributed by atoms with Crippen molar-refractivity contribution in [3.63, 3.8) is 0 Å². The van der Waals surface area contributed by atoms with E-state index in [1.807, 2.05) is 17.8 Å². The molecule has 0 aliphatic rings. The number of imidazole rings is 1. The van der Waals surface area contributed by atoms with Crippen LogP contribution >= 0.6 is 0 Å². The average Bonchev–Trinajstić information content (AvgIpc) is 2.80. The predicted octanol–water partition coefficient (Wildman–Crippen LogP) is 0.688. The molecule has 2 rings (SSSR count). The van der Waals surface area contributed by atoms with Crippen LogP contribution in [0.15, 0.2) is 35.5 Å². The Morgan fingerprint density at radius 3 is 2.75 bits per heavy atom. The van der Waals surface area contributed by atoms with E-state index < -0.39 is 10.0 Å². The van der Waals surface area contributed by atoms with E-state index in [4.69, 9.17) is 9.88 Å². The molecule has 0 unspecified atom stereocenters. The molecular weight excluding hydrogens is 280 g/mol. The number of sulfonamides is 1. The highest BCUT2D eigenvalue weighted by atomic mass is 32.2. The summed E-state index contributed by atoms with van der Waals surface area (Å²) in [6.07, 6.45) is 3.52. The minimum atomic E-state index is -3.75. The second-order valence-electron chi connectivity index (χ2n) is 4.22. The van der Waals surface area contributed by atoms with Gasteiger partial charge in [-0.25, -0.2) is 18.5 Å². The highest BCUT2D eigenvalue weighted by Crippen LogP contribution is 2.27. The maximum atomic E-state index is 11.4. The third-order valence-electron chi connectivity index (χ3n) is 2.86. The molecule has 2 aromatic rings. The van der Waals surface area contributed by atoms with Crippen molar-refractivity contribution in [2.24, 2.45) is 12.2 Å². The summed E-state index contributed by atoms with van der Waals surface area (Å²) in [5.74, 6) is 1.35. The van der Waals surface area contributed by atoms with Crippen molar-refractivity contribution in [3.8, 4) is 5.75 Å². The number of hydrogen-bond acceptors (Lipinski definition) is 5. The summed E-state index contributed by atoms with van der Waals surface area (Å²) in [6, 6.07) is 4.40. The van der Waals surface area contributed by atoms with Gasteiger partial charge in [0.25, 0.3) is 0 Å². The van der Waals surface area contributed by atoms with E-state index in [1.54, 1.807) is 12.3 Å².